The molecule has 132 valence electrons. The molecule has 0 aliphatic rings. The van der Waals surface area contributed by atoms with Crippen LogP contribution in [0.25, 0.3) is 0 Å². The molecule has 0 unspecified atom stereocenters. The van der Waals surface area contributed by atoms with E-state index in [1.807, 2.05) is 20.8 Å². The van der Waals surface area contributed by atoms with Gasteiger partial charge in [-0.25, -0.2) is 4.79 Å². The molecule has 0 fully saturated rings. The third kappa shape index (κ3) is 6.81. The molecule has 0 saturated heterocycles. The minimum atomic E-state index is -0.435. The van der Waals surface area contributed by atoms with Crippen molar-refractivity contribution in [3.63, 3.8) is 0 Å². The van der Waals surface area contributed by atoms with Crippen molar-refractivity contribution in [3.8, 4) is 0 Å². The summed E-state index contributed by atoms with van der Waals surface area (Å²) in [4.78, 5) is 35.3. The van der Waals surface area contributed by atoms with Gasteiger partial charge in [0, 0.05) is 24.1 Å². The van der Waals surface area contributed by atoms with Gasteiger partial charge in [-0.1, -0.05) is 26.8 Å². The standard InChI is InChI=1S/C18H26N2O4/c1-5-24-16(22)13-8-6-9-14(12-13)20-15(21)10-7-11-19-17(23)18(2,3)4/h6,8-9,12H,5,7,10-11H2,1-4H3,(H,19,23)(H,20,21). The SMILES string of the molecule is CCOC(=O)c1cccc(NC(=O)CCCNC(=O)C(C)(C)C)c1. The quantitative estimate of drug-likeness (QED) is 0.593. The van der Waals surface area contributed by atoms with Gasteiger partial charge in [0.2, 0.25) is 11.8 Å². The summed E-state index contributed by atoms with van der Waals surface area (Å²) in [5, 5.41) is 5.54. The van der Waals surface area contributed by atoms with Crippen molar-refractivity contribution in [2.24, 2.45) is 5.41 Å². The lowest BCUT2D eigenvalue weighted by atomic mass is 9.96. The van der Waals surface area contributed by atoms with Crippen molar-refractivity contribution >= 4 is 23.5 Å². The van der Waals surface area contributed by atoms with Crippen LogP contribution in [0.4, 0.5) is 5.69 Å². The summed E-state index contributed by atoms with van der Waals surface area (Å²) in [5.74, 6) is -0.621. The summed E-state index contributed by atoms with van der Waals surface area (Å²) in [7, 11) is 0. The Morgan fingerprint density at radius 1 is 1.17 bits per heavy atom. The van der Waals surface area contributed by atoms with Crippen LogP contribution < -0.4 is 10.6 Å². The monoisotopic (exact) mass is 334 g/mol. The first-order chi connectivity index (χ1) is 11.2. The average Bonchev–Trinajstić information content (AvgIpc) is 2.51. The molecular weight excluding hydrogens is 308 g/mol. The Labute approximate surface area is 143 Å². The van der Waals surface area contributed by atoms with Gasteiger partial charge in [0.1, 0.15) is 0 Å². The van der Waals surface area contributed by atoms with Gasteiger partial charge in [-0.3, -0.25) is 9.59 Å². The zero-order valence-electron chi connectivity index (χ0n) is 14.8. The summed E-state index contributed by atoms with van der Waals surface area (Å²) in [6.45, 7) is 8.01. The lowest BCUT2D eigenvalue weighted by molar-refractivity contribution is -0.128. The van der Waals surface area contributed by atoms with Crippen LogP contribution in [-0.4, -0.2) is 30.9 Å². The first-order valence-electron chi connectivity index (χ1n) is 8.09. The number of amides is 2. The van der Waals surface area contributed by atoms with Crippen LogP contribution >= 0.6 is 0 Å². The zero-order valence-corrected chi connectivity index (χ0v) is 14.8. The minimum Gasteiger partial charge on any atom is -0.462 e. The van der Waals surface area contributed by atoms with Gasteiger partial charge < -0.3 is 15.4 Å². The van der Waals surface area contributed by atoms with E-state index in [0.29, 0.717) is 30.8 Å². The molecule has 0 spiro atoms. The van der Waals surface area contributed by atoms with E-state index in [9.17, 15) is 14.4 Å². The number of anilines is 1. The fourth-order valence-electron chi connectivity index (χ4n) is 1.88. The highest BCUT2D eigenvalue weighted by Crippen LogP contribution is 2.13. The Bertz CT molecular complexity index is 591. The van der Waals surface area contributed by atoms with Crippen molar-refractivity contribution in [2.75, 3.05) is 18.5 Å². The average molecular weight is 334 g/mol. The third-order valence-electron chi connectivity index (χ3n) is 3.20. The predicted octanol–water partition coefficient (Wildman–Crippen LogP) is 2.74. The van der Waals surface area contributed by atoms with Crippen molar-refractivity contribution in [3.05, 3.63) is 29.8 Å². The van der Waals surface area contributed by atoms with Gasteiger partial charge >= 0.3 is 5.97 Å². The molecule has 0 atom stereocenters. The molecule has 0 aromatic heterocycles. The molecule has 2 N–H and O–H groups in total. The number of hydrogen-bond donors (Lipinski definition) is 2. The number of benzene rings is 1. The van der Waals surface area contributed by atoms with Gasteiger partial charge in [0.25, 0.3) is 0 Å². The highest BCUT2D eigenvalue weighted by atomic mass is 16.5. The molecule has 1 aromatic carbocycles. The summed E-state index contributed by atoms with van der Waals surface area (Å²) < 4.78 is 4.93. The Balaban J connectivity index is 2.42. The molecule has 0 aliphatic carbocycles. The predicted molar refractivity (Wildman–Crippen MR) is 92.7 cm³/mol. The molecule has 0 radical (unpaired) electrons. The van der Waals surface area contributed by atoms with Crippen molar-refractivity contribution < 1.29 is 19.1 Å². The number of carbonyl (C=O) groups excluding carboxylic acids is 3. The van der Waals surface area contributed by atoms with E-state index in [1.54, 1.807) is 31.2 Å². The van der Waals surface area contributed by atoms with Crippen LogP contribution in [0.3, 0.4) is 0 Å². The highest BCUT2D eigenvalue weighted by Gasteiger charge is 2.20. The van der Waals surface area contributed by atoms with Gasteiger partial charge in [-0.2, -0.15) is 0 Å². The number of ether oxygens (including phenoxy) is 1. The number of hydrogen-bond acceptors (Lipinski definition) is 4. The number of esters is 1. The summed E-state index contributed by atoms with van der Waals surface area (Å²) in [6, 6.07) is 6.61. The van der Waals surface area contributed by atoms with Crippen LogP contribution in [0.5, 0.6) is 0 Å². The molecular formula is C18H26N2O4. The van der Waals surface area contributed by atoms with E-state index in [2.05, 4.69) is 10.6 Å². The molecule has 2 amide bonds. The van der Waals surface area contributed by atoms with Crippen LogP contribution in [0.1, 0.15) is 50.9 Å². The summed E-state index contributed by atoms with van der Waals surface area (Å²) in [5.41, 5.74) is 0.506. The topological polar surface area (TPSA) is 84.5 Å². The molecule has 0 bridgehead atoms. The van der Waals surface area contributed by atoms with E-state index in [1.165, 1.54) is 0 Å². The smallest absolute Gasteiger partial charge is 0.338 e. The lowest BCUT2D eigenvalue weighted by Crippen LogP contribution is -2.35. The van der Waals surface area contributed by atoms with Crippen LogP contribution in [0.15, 0.2) is 24.3 Å². The van der Waals surface area contributed by atoms with Crippen LogP contribution in [0.2, 0.25) is 0 Å². The normalized spacial score (nSPS) is 10.8. The van der Waals surface area contributed by atoms with Gasteiger partial charge in [0.15, 0.2) is 0 Å². The number of carbonyl (C=O) groups is 3. The van der Waals surface area contributed by atoms with Crippen molar-refractivity contribution in [1.82, 2.24) is 5.32 Å². The van der Waals surface area contributed by atoms with Crippen molar-refractivity contribution in [1.29, 1.82) is 0 Å². The molecule has 6 nitrogen and oxygen atoms in total. The van der Waals surface area contributed by atoms with Crippen LogP contribution in [0, 0.1) is 5.41 Å². The number of nitrogens with one attached hydrogen (secondary N) is 2. The minimum absolute atomic E-state index is 0.0370. The maximum absolute atomic E-state index is 11.9. The largest absolute Gasteiger partial charge is 0.462 e. The molecule has 1 rings (SSSR count). The van der Waals surface area contributed by atoms with Gasteiger partial charge in [-0.15, -0.1) is 0 Å². The molecule has 0 heterocycles. The molecule has 0 aliphatic heterocycles. The Morgan fingerprint density at radius 2 is 1.88 bits per heavy atom. The maximum atomic E-state index is 11.9. The summed E-state index contributed by atoms with van der Waals surface area (Å²) >= 11 is 0. The molecule has 0 saturated carbocycles. The lowest BCUT2D eigenvalue weighted by Gasteiger charge is -2.17. The Morgan fingerprint density at radius 3 is 2.50 bits per heavy atom. The second kappa shape index (κ2) is 9.05. The van der Waals surface area contributed by atoms with Crippen LogP contribution in [-0.2, 0) is 14.3 Å². The molecule has 1 aromatic rings. The highest BCUT2D eigenvalue weighted by molar-refractivity contribution is 5.94. The molecule has 24 heavy (non-hydrogen) atoms. The second-order valence-electron chi connectivity index (χ2n) is 6.46. The first-order valence-corrected chi connectivity index (χ1v) is 8.09. The number of rotatable bonds is 7. The second-order valence-corrected chi connectivity index (χ2v) is 6.46. The van der Waals surface area contributed by atoms with Gasteiger partial charge in [-0.05, 0) is 31.5 Å². The third-order valence-corrected chi connectivity index (χ3v) is 3.20. The van der Waals surface area contributed by atoms with E-state index in [-0.39, 0.29) is 18.2 Å². The summed E-state index contributed by atoms with van der Waals surface area (Å²) in [6.07, 6.45) is 0.833. The Hall–Kier alpha value is -2.37. The zero-order chi connectivity index (χ0) is 18.2. The van der Waals surface area contributed by atoms with Crippen molar-refractivity contribution in [2.45, 2.75) is 40.5 Å². The van der Waals surface area contributed by atoms with E-state index in [4.69, 9.17) is 4.74 Å². The van der Waals surface area contributed by atoms with E-state index >= 15 is 0 Å². The molecule has 6 heteroatoms. The fourth-order valence-corrected chi connectivity index (χ4v) is 1.88. The van der Waals surface area contributed by atoms with Gasteiger partial charge in [0.05, 0.1) is 12.2 Å². The van der Waals surface area contributed by atoms with E-state index in [0.717, 1.165) is 0 Å². The first kappa shape index (κ1) is 19.7. The van der Waals surface area contributed by atoms with E-state index < -0.39 is 11.4 Å². The fraction of sp³-hybridized carbons (Fsp3) is 0.500. The maximum Gasteiger partial charge on any atom is 0.338 e. The Kier molecular flexibility index (Phi) is 7.42.